The fourth-order valence-electron chi connectivity index (χ4n) is 2.41. The first-order chi connectivity index (χ1) is 11.6. The molecule has 1 amide bonds. The van der Waals surface area contributed by atoms with Gasteiger partial charge in [0.05, 0.1) is 11.9 Å². The van der Waals surface area contributed by atoms with Crippen LogP contribution < -0.4 is 9.62 Å². The molecule has 0 spiro atoms. The standard InChI is InChI=1S/C16H18F3N3O2S/c1-4-13(11(3)16(17,18)19)15(23)21-12-8-10(2)14(20-9-12)22-6-5-7-25(22)24/h4,8-9H,1,5-7H2,2-3H3,(H,21,23)/b13-11-. The molecule has 5 nitrogen and oxygen atoms in total. The van der Waals surface area contributed by atoms with Gasteiger partial charge in [0.2, 0.25) is 0 Å². The third kappa shape index (κ3) is 4.28. The summed E-state index contributed by atoms with van der Waals surface area (Å²) in [5.74, 6) is 0.201. The monoisotopic (exact) mass is 373 g/mol. The van der Waals surface area contributed by atoms with Gasteiger partial charge in [0.1, 0.15) is 16.8 Å². The summed E-state index contributed by atoms with van der Waals surface area (Å²) in [5, 5.41) is 2.39. The van der Waals surface area contributed by atoms with Crippen molar-refractivity contribution >= 4 is 28.4 Å². The van der Waals surface area contributed by atoms with E-state index in [0.717, 1.165) is 19.4 Å². The molecule has 1 N–H and O–H groups in total. The van der Waals surface area contributed by atoms with Crippen LogP contribution in [0.1, 0.15) is 18.9 Å². The smallest absolute Gasteiger partial charge is 0.321 e. The van der Waals surface area contributed by atoms with Gasteiger partial charge in [0.15, 0.2) is 0 Å². The zero-order chi connectivity index (χ0) is 18.8. The van der Waals surface area contributed by atoms with Crippen LogP contribution >= 0.6 is 0 Å². The average Bonchev–Trinajstić information content (AvgIpc) is 2.93. The predicted molar refractivity (Wildman–Crippen MR) is 91.5 cm³/mol. The van der Waals surface area contributed by atoms with Gasteiger partial charge in [0.25, 0.3) is 5.91 Å². The van der Waals surface area contributed by atoms with E-state index in [1.54, 1.807) is 17.3 Å². The van der Waals surface area contributed by atoms with Crippen LogP contribution in [0.25, 0.3) is 0 Å². The van der Waals surface area contributed by atoms with E-state index in [9.17, 15) is 22.2 Å². The highest BCUT2D eigenvalue weighted by Gasteiger charge is 2.34. The number of nitrogens with zero attached hydrogens (tertiary/aromatic N) is 2. The lowest BCUT2D eigenvalue weighted by molar-refractivity contribution is -0.114. The number of carbonyl (C=O) groups excluding carboxylic acids is 1. The molecule has 1 unspecified atom stereocenters. The molecule has 2 rings (SSSR count). The molecule has 1 saturated heterocycles. The minimum absolute atomic E-state index is 0.255. The fourth-order valence-corrected chi connectivity index (χ4v) is 3.72. The van der Waals surface area contributed by atoms with Crippen LogP contribution in [0.2, 0.25) is 0 Å². The number of pyridine rings is 1. The summed E-state index contributed by atoms with van der Waals surface area (Å²) in [6, 6.07) is 1.58. The summed E-state index contributed by atoms with van der Waals surface area (Å²) in [7, 11) is -1.13. The number of hydrogen-bond acceptors (Lipinski definition) is 3. The van der Waals surface area contributed by atoms with Gasteiger partial charge in [-0.3, -0.25) is 9.10 Å². The maximum Gasteiger partial charge on any atom is 0.413 e. The molecule has 9 heteroatoms. The normalized spacial score (nSPS) is 18.8. The Labute approximate surface area is 146 Å². The van der Waals surface area contributed by atoms with E-state index in [1.807, 2.05) is 0 Å². The van der Waals surface area contributed by atoms with Crippen LogP contribution in [-0.2, 0) is 15.8 Å². The lowest BCUT2D eigenvalue weighted by Gasteiger charge is -2.18. The third-order valence-corrected chi connectivity index (χ3v) is 5.23. The molecule has 0 aliphatic carbocycles. The van der Waals surface area contributed by atoms with Crippen LogP contribution in [0.3, 0.4) is 0 Å². The topological polar surface area (TPSA) is 62.3 Å². The largest absolute Gasteiger partial charge is 0.413 e. The maximum atomic E-state index is 12.8. The Balaban J connectivity index is 2.23. The molecule has 2 heterocycles. The number of hydrogen-bond donors (Lipinski definition) is 1. The van der Waals surface area contributed by atoms with E-state index in [-0.39, 0.29) is 5.69 Å². The van der Waals surface area contributed by atoms with Crippen molar-refractivity contribution in [2.45, 2.75) is 26.4 Å². The number of aromatic nitrogens is 1. The Kier molecular flexibility index (Phi) is 5.66. The Morgan fingerprint density at radius 1 is 1.48 bits per heavy atom. The Morgan fingerprint density at radius 2 is 2.16 bits per heavy atom. The van der Waals surface area contributed by atoms with Crippen molar-refractivity contribution in [3.8, 4) is 0 Å². The number of aryl methyl sites for hydroxylation is 1. The molecule has 1 aromatic rings. The summed E-state index contributed by atoms with van der Waals surface area (Å²) in [5.41, 5.74) is -0.640. The van der Waals surface area contributed by atoms with Crippen molar-refractivity contribution in [2.75, 3.05) is 21.9 Å². The highest BCUT2D eigenvalue weighted by Crippen LogP contribution is 2.29. The minimum atomic E-state index is -4.61. The highest BCUT2D eigenvalue weighted by molar-refractivity contribution is 7.86. The van der Waals surface area contributed by atoms with E-state index in [2.05, 4.69) is 16.9 Å². The van der Waals surface area contributed by atoms with Gasteiger partial charge in [0, 0.05) is 23.4 Å². The number of nitrogens with one attached hydrogen (secondary N) is 1. The zero-order valence-corrected chi connectivity index (χ0v) is 14.6. The fraction of sp³-hybridized carbons (Fsp3) is 0.375. The molecule has 136 valence electrons. The van der Waals surface area contributed by atoms with E-state index >= 15 is 0 Å². The van der Waals surface area contributed by atoms with Gasteiger partial charge in [-0.05, 0) is 31.9 Å². The van der Waals surface area contributed by atoms with Crippen molar-refractivity contribution in [2.24, 2.45) is 0 Å². The molecule has 0 bridgehead atoms. The lowest BCUT2D eigenvalue weighted by Crippen LogP contribution is -2.22. The quantitative estimate of drug-likeness (QED) is 0.651. The lowest BCUT2D eigenvalue weighted by atomic mass is 10.1. The van der Waals surface area contributed by atoms with E-state index in [0.29, 0.717) is 23.7 Å². The van der Waals surface area contributed by atoms with Crippen molar-refractivity contribution in [1.29, 1.82) is 0 Å². The molecular weight excluding hydrogens is 355 g/mol. The first-order valence-electron chi connectivity index (χ1n) is 7.49. The highest BCUT2D eigenvalue weighted by atomic mass is 32.2. The molecule has 1 aliphatic rings. The molecular formula is C16H18F3N3O2S. The summed E-state index contributed by atoms with van der Waals surface area (Å²) in [4.78, 5) is 16.3. The molecule has 0 saturated carbocycles. The van der Waals surface area contributed by atoms with Gasteiger partial charge >= 0.3 is 6.18 Å². The number of alkyl halides is 3. The second-order valence-corrected chi connectivity index (χ2v) is 7.03. The maximum absolute atomic E-state index is 12.8. The van der Waals surface area contributed by atoms with E-state index < -0.39 is 34.2 Å². The number of rotatable bonds is 4. The van der Waals surface area contributed by atoms with Gasteiger partial charge in [-0.1, -0.05) is 12.7 Å². The zero-order valence-electron chi connectivity index (χ0n) is 13.8. The Bertz CT molecular complexity index is 759. The van der Waals surface area contributed by atoms with Crippen LogP contribution in [0.15, 0.2) is 36.1 Å². The number of carbonyl (C=O) groups is 1. The van der Waals surface area contributed by atoms with Crippen LogP contribution in [0.4, 0.5) is 24.7 Å². The van der Waals surface area contributed by atoms with Crippen molar-refractivity contribution < 1.29 is 22.2 Å². The van der Waals surface area contributed by atoms with Crippen molar-refractivity contribution in [3.05, 3.63) is 41.6 Å². The van der Waals surface area contributed by atoms with Gasteiger partial charge in [-0.25, -0.2) is 9.19 Å². The Morgan fingerprint density at radius 3 is 2.64 bits per heavy atom. The molecule has 1 aliphatic heterocycles. The number of amides is 1. The summed E-state index contributed by atoms with van der Waals surface area (Å²) < 4.78 is 51.9. The van der Waals surface area contributed by atoms with E-state index in [4.69, 9.17) is 0 Å². The molecule has 25 heavy (non-hydrogen) atoms. The summed E-state index contributed by atoms with van der Waals surface area (Å²) in [6.07, 6.45) is -1.60. The SMILES string of the molecule is C=C/C(C(=O)Nc1cnc(N2CCCS2=O)c(C)c1)=C(\C)C(F)(F)F. The van der Waals surface area contributed by atoms with Crippen molar-refractivity contribution in [3.63, 3.8) is 0 Å². The number of halogens is 3. The summed E-state index contributed by atoms with van der Waals surface area (Å²) >= 11 is 0. The molecule has 0 radical (unpaired) electrons. The van der Waals surface area contributed by atoms with Crippen LogP contribution in [-0.4, -0.2) is 33.6 Å². The van der Waals surface area contributed by atoms with Crippen molar-refractivity contribution in [1.82, 2.24) is 4.98 Å². The second kappa shape index (κ2) is 7.38. The minimum Gasteiger partial charge on any atom is -0.321 e. The third-order valence-electron chi connectivity index (χ3n) is 3.75. The molecule has 1 atom stereocenters. The first kappa shape index (κ1) is 19.2. The molecule has 1 aromatic heterocycles. The average molecular weight is 373 g/mol. The predicted octanol–water partition coefficient (Wildman–Crippen LogP) is 3.27. The number of allylic oxidation sites excluding steroid dienone is 1. The molecule has 1 fully saturated rings. The van der Waals surface area contributed by atoms with Crippen LogP contribution in [0, 0.1) is 6.92 Å². The van der Waals surface area contributed by atoms with E-state index in [1.165, 1.54) is 6.20 Å². The number of anilines is 2. The Hall–Kier alpha value is -2.16. The van der Waals surface area contributed by atoms with Gasteiger partial charge in [-0.15, -0.1) is 0 Å². The first-order valence-corrected chi connectivity index (χ1v) is 8.77. The van der Waals surface area contributed by atoms with Crippen LogP contribution in [0.5, 0.6) is 0 Å². The second-order valence-electron chi connectivity index (χ2n) is 5.54. The summed E-state index contributed by atoms with van der Waals surface area (Å²) in [6.45, 7) is 6.46. The van der Waals surface area contributed by atoms with Gasteiger partial charge < -0.3 is 5.32 Å². The molecule has 0 aromatic carbocycles. The van der Waals surface area contributed by atoms with Gasteiger partial charge in [-0.2, -0.15) is 13.2 Å².